The Kier molecular flexibility index (Phi) is 14.6. The molecule has 3 rings (SSSR count). The zero-order valence-corrected chi connectivity index (χ0v) is 24.6. The van der Waals surface area contributed by atoms with Gasteiger partial charge in [-0.25, -0.2) is 13.2 Å². The van der Waals surface area contributed by atoms with E-state index in [-0.39, 0.29) is 25.2 Å². The monoisotopic (exact) mass is 590 g/mol. The van der Waals surface area contributed by atoms with Crippen molar-refractivity contribution < 1.29 is 46.8 Å². The molecule has 1 N–H and O–H groups in total. The first kappa shape index (κ1) is 34.0. The van der Waals surface area contributed by atoms with Crippen LogP contribution in [0.1, 0.15) is 90.4 Å². The van der Waals surface area contributed by atoms with Crippen LogP contribution in [0.3, 0.4) is 0 Å². The molecule has 1 aliphatic carbocycles. The Bertz CT molecular complexity index is 812. The lowest BCUT2D eigenvalue weighted by Crippen LogP contribution is -2.39. The van der Waals surface area contributed by atoms with Crippen LogP contribution in [0.2, 0.25) is 0 Å². The molecule has 0 aromatic rings. The fourth-order valence-electron chi connectivity index (χ4n) is 5.77. The number of aliphatic hydroxyl groups excluding tert-OH is 1. The van der Waals surface area contributed by atoms with Crippen molar-refractivity contribution in [3.8, 4) is 0 Å². The maximum Gasteiger partial charge on any atom is 0.305 e. The Morgan fingerprint density at radius 3 is 2.41 bits per heavy atom. The van der Waals surface area contributed by atoms with E-state index in [2.05, 4.69) is 4.74 Å². The van der Waals surface area contributed by atoms with Gasteiger partial charge in [0, 0.05) is 44.3 Å². The first-order valence-corrected chi connectivity index (χ1v) is 15.4. The average molecular weight is 591 g/mol. The molecule has 1 saturated carbocycles. The smallest absolute Gasteiger partial charge is 0.305 e. The van der Waals surface area contributed by atoms with Crippen molar-refractivity contribution in [3.05, 3.63) is 24.3 Å². The van der Waals surface area contributed by atoms with Crippen LogP contribution >= 0.6 is 0 Å². The molecule has 7 nitrogen and oxygen atoms in total. The molecule has 2 heterocycles. The van der Waals surface area contributed by atoms with Crippen LogP contribution in [0.4, 0.5) is 13.2 Å². The van der Waals surface area contributed by atoms with Gasteiger partial charge >= 0.3 is 5.97 Å². The summed E-state index contributed by atoms with van der Waals surface area (Å²) in [6.07, 6.45) is 6.78. The highest BCUT2D eigenvalue weighted by Crippen LogP contribution is 2.41. The lowest BCUT2D eigenvalue weighted by atomic mass is 9.87. The number of carbonyl (C=O) groups is 1. The molecule has 0 amide bonds. The predicted molar refractivity (Wildman–Crippen MR) is 148 cm³/mol. The summed E-state index contributed by atoms with van der Waals surface area (Å²) in [5.41, 5.74) is 0. The molecule has 3 unspecified atom stereocenters. The third-order valence-corrected chi connectivity index (χ3v) is 8.15. The van der Waals surface area contributed by atoms with Gasteiger partial charge in [0.15, 0.2) is 12.6 Å². The molecule has 3 aliphatic rings. The van der Waals surface area contributed by atoms with Crippen LogP contribution < -0.4 is 0 Å². The van der Waals surface area contributed by atoms with Crippen molar-refractivity contribution in [2.75, 3.05) is 20.3 Å². The topological polar surface area (TPSA) is 83.5 Å². The van der Waals surface area contributed by atoms with E-state index in [0.29, 0.717) is 51.7 Å². The number of allylic oxidation sites excluding steroid dienone is 2. The van der Waals surface area contributed by atoms with Crippen LogP contribution in [-0.2, 0) is 28.5 Å². The Morgan fingerprint density at radius 2 is 1.78 bits per heavy atom. The molecule has 3 fully saturated rings. The highest BCUT2D eigenvalue weighted by molar-refractivity contribution is 5.69. The number of methoxy groups -OCH3 is 1. The Hall–Kier alpha value is -1.46. The zero-order valence-electron chi connectivity index (χ0n) is 24.6. The van der Waals surface area contributed by atoms with Crippen molar-refractivity contribution in [2.45, 2.75) is 133 Å². The molecular formula is C31H49F3O7. The van der Waals surface area contributed by atoms with Crippen LogP contribution in [-0.4, -0.2) is 74.4 Å². The van der Waals surface area contributed by atoms with Gasteiger partial charge in [-0.05, 0) is 57.8 Å². The van der Waals surface area contributed by atoms with Crippen molar-refractivity contribution in [3.63, 3.8) is 0 Å². The second-order valence-corrected chi connectivity index (χ2v) is 11.4. The molecule has 0 aromatic carbocycles. The van der Waals surface area contributed by atoms with E-state index >= 15 is 13.2 Å². The first-order valence-electron chi connectivity index (χ1n) is 15.4. The molecular weight excluding hydrogens is 541 g/mol. The number of hydrogen-bond donors (Lipinski definition) is 1. The Balaban J connectivity index is 1.79. The minimum atomic E-state index is -3.14. The molecule has 0 bridgehead atoms. The predicted octanol–water partition coefficient (Wildman–Crippen LogP) is 6.43. The summed E-state index contributed by atoms with van der Waals surface area (Å²) in [5, 5.41) is 11.0. The number of hydrogen-bond acceptors (Lipinski definition) is 7. The summed E-state index contributed by atoms with van der Waals surface area (Å²) in [5.74, 6) is -5.04. The molecule has 0 radical (unpaired) electrons. The Morgan fingerprint density at radius 1 is 1.07 bits per heavy atom. The summed E-state index contributed by atoms with van der Waals surface area (Å²) in [4.78, 5) is 11.3. The SMILES string of the molecule is CCCCC(F)(F)[C@@H](C=C[C@@H]1[C@@H](C(F)C=CCCCC(=O)OC)[C@@H](O)C[C@H]1OC1CCCCO1)OC1CCCCO1. The molecule has 41 heavy (non-hydrogen) atoms. The number of esters is 1. The number of rotatable bonds is 16. The lowest BCUT2D eigenvalue weighted by Gasteiger charge is -2.32. The third-order valence-electron chi connectivity index (χ3n) is 8.15. The van der Waals surface area contributed by atoms with Gasteiger partial charge in [-0.2, -0.15) is 0 Å². The highest BCUT2D eigenvalue weighted by Gasteiger charge is 2.47. The van der Waals surface area contributed by atoms with Gasteiger partial charge in [-0.1, -0.05) is 37.6 Å². The minimum absolute atomic E-state index is 0.166. The van der Waals surface area contributed by atoms with Crippen LogP contribution in [0.25, 0.3) is 0 Å². The van der Waals surface area contributed by atoms with Crippen LogP contribution in [0.15, 0.2) is 24.3 Å². The summed E-state index contributed by atoms with van der Waals surface area (Å²) in [6, 6.07) is 0. The van der Waals surface area contributed by atoms with E-state index in [4.69, 9.17) is 18.9 Å². The molecule has 0 spiro atoms. The maximum atomic E-state index is 15.7. The average Bonchev–Trinajstić information content (AvgIpc) is 3.28. The molecule has 2 aliphatic heterocycles. The van der Waals surface area contributed by atoms with Crippen molar-refractivity contribution in [1.29, 1.82) is 0 Å². The zero-order chi connectivity index (χ0) is 29.7. The fraction of sp³-hybridized carbons (Fsp3) is 0.839. The molecule has 8 atom stereocenters. The summed E-state index contributed by atoms with van der Waals surface area (Å²) in [7, 11) is 1.32. The third kappa shape index (κ3) is 11.0. The van der Waals surface area contributed by atoms with Gasteiger partial charge in [0.2, 0.25) is 0 Å². The molecule has 0 aromatic heterocycles. The number of carbonyl (C=O) groups excluding carboxylic acids is 1. The minimum Gasteiger partial charge on any atom is -0.469 e. The largest absolute Gasteiger partial charge is 0.469 e. The van der Waals surface area contributed by atoms with E-state index in [1.807, 2.05) is 6.92 Å². The van der Waals surface area contributed by atoms with Crippen molar-refractivity contribution >= 4 is 5.97 Å². The van der Waals surface area contributed by atoms with Gasteiger partial charge in [-0.15, -0.1) is 0 Å². The van der Waals surface area contributed by atoms with Gasteiger partial charge < -0.3 is 28.8 Å². The van der Waals surface area contributed by atoms with Gasteiger partial charge in [0.1, 0.15) is 12.3 Å². The van der Waals surface area contributed by atoms with Crippen molar-refractivity contribution in [2.24, 2.45) is 11.8 Å². The maximum absolute atomic E-state index is 15.7. The van der Waals surface area contributed by atoms with Crippen LogP contribution in [0.5, 0.6) is 0 Å². The molecule has 10 heteroatoms. The van der Waals surface area contributed by atoms with Gasteiger partial charge in [0.25, 0.3) is 5.92 Å². The number of alkyl halides is 3. The molecule has 236 valence electrons. The quantitative estimate of drug-likeness (QED) is 0.126. The summed E-state index contributed by atoms with van der Waals surface area (Å²) >= 11 is 0. The molecule has 2 saturated heterocycles. The first-order chi connectivity index (χ1) is 19.7. The second-order valence-electron chi connectivity index (χ2n) is 11.4. The number of halogens is 3. The highest BCUT2D eigenvalue weighted by atomic mass is 19.3. The van der Waals surface area contributed by atoms with Crippen LogP contribution in [0, 0.1) is 11.8 Å². The fourth-order valence-corrected chi connectivity index (χ4v) is 5.77. The van der Waals surface area contributed by atoms with Crippen molar-refractivity contribution in [1.82, 2.24) is 0 Å². The van der Waals surface area contributed by atoms with E-state index in [0.717, 1.165) is 25.7 Å². The number of ether oxygens (including phenoxy) is 5. The number of aliphatic hydroxyl groups is 1. The summed E-state index contributed by atoms with van der Waals surface area (Å²) < 4.78 is 74.4. The Labute approximate surface area is 242 Å². The summed E-state index contributed by atoms with van der Waals surface area (Å²) in [6.45, 7) is 2.88. The van der Waals surface area contributed by atoms with Gasteiger partial charge in [0.05, 0.1) is 19.3 Å². The number of unbranched alkanes of at least 4 members (excludes halogenated alkanes) is 2. The van der Waals surface area contributed by atoms with E-state index in [9.17, 15) is 9.90 Å². The van der Waals surface area contributed by atoms with Gasteiger partial charge in [-0.3, -0.25) is 4.79 Å². The van der Waals surface area contributed by atoms with E-state index < -0.39 is 54.8 Å². The van der Waals surface area contributed by atoms with E-state index in [1.54, 1.807) is 12.2 Å². The standard InChI is InChI=1S/C31H49F3O7/c1-3-4-18-31(33,34)26(41-29-15-9-11-20-39-29)17-16-22-25(40-28-14-8-10-19-38-28)21-24(35)30(22)23(32)12-6-5-7-13-27(36)37-2/h6,12,16-17,22-26,28-30,35H,3-5,7-11,13-15,18-21H2,1-2H3/t22-,23?,24-,25+,26+,28?,29?,30-/m0/s1. The lowest BCUT2D eigenvalue weighted by molar-refractivity contribution is -0.227. The second kappa shape index (κ2) is 17.6. The normalized spacial score (nSPS) is 31.1. The van der Waals surface area contributed by atoms with E-state index in [1.165, 1.54) is 19.3 Å².